The lowest BCUT2D eigenvalue weighted by atomic mass is 9.97. The van der Waals surface area contributed by atoms with Gasteiger partial charge in [0.1, 0.15) is 5.75 Å². The lowest BCUT2D eigenvalue weighted by Gasteiger charge is -2.39. The third kappa shape index (κ3) is 2.15. The summed E-state index contributed by atoms with van der Waals surface area (Å²) in [7, 11) is 0. The topological polar surface area (TPSA) is 29.5 Å². The summed E-state index contributed by atoms with van der Waals surface area (Å²) in [4.78, 5) is 0. The predicted octanol–water partition coefficient (Wildman–Crippen LogP) is 3.61. The van der Waals surface area contributed by atoms with Crippen LogP contribution in [0.3, 0.4) is 0 Å². The van der Waals surface area contributed by atoms with Crippen LogP contribution < -0.4 is 4.74 Å². The highest BCUT2D eigenvalue weighted by atomic mass is 19.4. The third-order valence-electron chi connectivity index (χ3n) is 2.87. The fourth-order valence-corrected chi connectivity index (χ4v) is 1.69. The molecule has 0 saturated heterocycles. The summed E-state index contributed by atoms with van der Waals surface area (Å²) >= 11 is 0. The molecule has 0 bridgehead atoms. The minimum Gasteiger partial charge on any atom is -0.452 e. The Hall–Kier alpha value is -1.77. The number of ether oxygens (including phenoxy) is 1. The Morgan fingerprint density at radius 1 is 0.952 bits per heavy atom. The fourth-order valence-electron chi connectivity index (χ4n) is 1.69. The molecule has 1 atom stereocenters. The first-order valence-corrected chi connectivity index (χ1v) is 5.44. The van der Waals surface area contributed by atoms with Gasteiger partial charge in [-0.1, -0.05) is 18.2 Å². The Kier molecular flexibility index (Phi) is 3.24. The van der Waals surface area contributed by atoms with Gasteiger partial charge in [0.15, 0.2) is 0 Å². The molecular formula is C12H7F7O2. The van der Waals surface area contributed by atoms with Crippen LogP contribution in [0.4, 0.5) is 30.7 Å². The van der Waals surface area contributed by atoms with Crippen LogP contribution in [-0.2, 0) is 0 Å². The quantitative estimate of drug-likeness (QED) is 0.845. The second kappa shape index (κ2) is 4.36. The molecule has 0 aliphatic carbocycles. The summed E-state index contributed by atoms with van der Waals surface area (Å²) in [5.74, 6) is -17.0. The number of aliphatic hydroxyl groups is 1. The van der Waals surface area contributed by atoms with Gasteiger partial charge in [-0.2, -0.15) is 30.7 Å². The number of hydrogen-bond acceptors (Lipinski definition) is 2. The van der Waals surface area contributed by atoms with Gasteiger partial charge in [0.25, 0.3) is 5.79 Å². The van der Waals surface area contributed by atoms with Crippen LogP contribution in [-0.4, -0.2) is 28.9 Å². The molecule has 1 unspecified atom stereocenters. The smallest absolute Gasteiger partial charge is 0.452 e. The van der Waals surface area contributed by atoms with Crippen LogP contribution in [0.15, 0.2) is 30.3 Å². The van der Waals surface area contributed by atoms with Crippen LogP contribution >= 0.6 is 0 Å². The molecule has 0 radical (unpaired) electrons. The fraction of sp³-hybridized carbons (Fsp3) is 0.333. The molecule has 0 spiro atoms. The van der Waals surface area contributed by atoms with Crippen molar-refractivity contribution >= 4 is 6.08 Å². The van der Waals surface area contributed by atoms with Crippen molar-refractivity contribution in [3.8, 4) is 5.75 Å². The van der Waals surface area contributed by atoms with E-state index in [0.717, 1.165) is 12.1 Å². The number of para-hydroxylation sites is 1. The van der Waals surface area contributed by atoms with Crippen LogP contribution in [0.5, 0.6) is 5.75 Å². The maximum Gasteiger partial charge on any atom is 0.460 e. The molecule has 2 nitrogen and oxygen atoms in total. The molecule has 1 aromatic rings. The Balaban J connectivity index is 2.47. The van der Waals surface area contributed by atoms with Gasteiger partial charge in [0.2, 0.25) is 0 Å². The monoisotopic (exact) mass is 316 g/mol. The van der Waals surface area contributed by atoms with Gasteiger partial charge >= 0.3 is 18.0 Å². The Morgan fingerprint density at radius 2 is 1.52 bits per heavy atom. The Bertz CT molecular complexity index is 579. The van der Waals surface area contributed by atoms with Crippen molar-refractivity contribution in [1.29, 1.82) is 0 Å². The van der Waals surface area contributed by atoms with Gasteiger partial charge in [0.05, 0.1) is 0 Å². The second-order valence-corrected chi connectivity index (χ2v) is 4.32. The zero-order chi connectivity index (χ0) is 16.1. The van der Waals surface area contributed by atoms with Gasteiger partial charge in [-0.15, -0.1) is 0 Å². The highest BCUT2D eigenvalue weighted by Crippen LogP contribution is 2.53. The average molecular weight is 316 g/mol. The van der Waals surface area contributed by atoms with Crippen LogP contribution in [0, 0.1) is 0 Å². The van der Waals surface area contributed by atoms with Crippen molar-refractivity contribution in [3.05, 3.63) is 35.9 Å². The molecule has 2 rings (SSSR count). The minimum absolute atomic E-state index is 0.0645. The van der Waals surface area contributed by atoms with Crippen molar-refractivity contribution in [3.63, 3.8) is 0 Å². The first-order valence-electron chi connectivity index (χ1n) is 5.44. The van der Waals surface area contributed by atoms with E-state index >= 15 is 0 Å². The summed E-state index contributed by atoms with van der Waals surface area (Å²) in [6.07, 6.45) is -5.71. The molecule has 1 N–H and O–H groups in total. The highest BCUT2D eigenvalue weighted by molar-refractivity contribution is 5.60. The van der Waals surface area contributed by atoms with E-state index in [1.807, 2.05) is 0 Å². The van der Waals surface area contributed by atoms with E-state index in [-0.39, 0.29) is 11.6 Å². The second-order valence-electron chi connectivity index (χ2n) is 4.32. The molecule has 1 aromatic carbocycles. The largest absolute Gasteiger partial charge is 0.460 e. The minimum atomic E-state index is -6.56. The molecule has 0 aromatic heterocycles. The van der Waals surface area contributed by atoms with Crippen molar-refractivity contribution in [1.82, 2.24) is 0 Å². The van der Waals surface area contributed by atoms with E-state index in [2.05, 4.69) is 4.74 Å². The molecule has 1 aliphatic heterocycles. The highest BCUT2D eigenvalue weighted by Gasteiger charge is 2.81. The summed E-state index contributed by atoms with van der Waals surface area (Å²) < 4.78 is 93.8. The third-order valence-corrected chi connectivity index (χ3v) is 2.87. The molecule has 0 saturated carbocycles. The molecule has 21 heavy (non-hydrogen) atoms. The number of benzene rings is 1. The van der Waals surface area contributed by atoms with Crippen molar-refractivity contribution < 1.29 is 40.6 Å². The first-order chi connectivity index (χ1) is 9.42. The summed E-state index contributed by atoms with van der Waals surface area (Å²) in [5, 5.41) is 9.51. The van der Waals surface area contributed by atoms with Gasteiger partial charge in [-0.3, -0.25) is 0 Å². The molecule has 0 fully saturated rings. The number of halogens is 7. The van der Waals surface area contributed by atoms with E-state index < -0.39 is 29.6 Å². The Morgan fingerprint density at radius 3 is 2.10 bits per heavy atom. The van der Waals surface area contributed by atoms with Gasteiger partial charge in [-0.25, -0.2) is 0 Å². The predicted molar refractivity (Wildman–Crippen MR) is 57.0 cm³/mol. The number of fused-ring (bicyclic) bond motifs is 1. The lowest BCUT2D eigenvalue weighted by Crippen LogP contribution is -2.66. The van der Waals surface area contributed by atoms with Crippen molar-refractivity contribution in [2.45, 2.75) is 23.8 Å². The molecule has 9 heteroatoms. The van der Waals surface area contributed by atoms with E-state index in [1.165, 1.54) is 18.2 Å². The number of alkyl halides is 7. The lowest BCUT2D eigenvalue weighted by molar-refractivity contribution is -0.405. The van der Waals surface area contributed by atoms with E-state index in [9.17, 15) is 35.8 Å². The van der Waals surface area contributed by atoms with Gasteiger partial charge < -0.3 is 9.84 Å². The first kappa shape index (κ1) is 15.6. The van der Waals surface area contributed by atoms with Crippen LogP contribution in [0.2, 0.25) is 0 Å². The average Bonchev–Trinajstić information content (AvgIpc) is 2.36. The van der Waals surface area contributed by atoms with Crippen molar-refractivity contribution in [2.75, 3.05) is 0 Å². The summed E-state index contributed by atoms with van der Waals surface area (Å²) in [5.41, 5.74) is 0.147. The standard InChI is InChI=1S/C12H7F7O2/c13-10(14,11(15,16)12(17,18)19)9(20)6-5-7-3-1-2-4-8(7)21-9/h1-6,20H. The maximum atomic E-state index is 13.6. The van der Waals surface area contributed by atoms with E-state index in [4.69, 9.17) is 0 Å². The number of hydrogen-bond donors (Lipinski definition) is 1. The van der Waals surface area contributed by atoms with Crippen molar-refractivity contribution in [2.24, 2.45) is 0 Å². The maximum absolute atomic E-state index is 13.6. The van der Waals surface area contributed by atoms with Gasteiger partial charge in [0, 0.05) is 5.56 Å². The molecule has 116 valence electrons. The van der Waals surface area contributed by atoms with E-state index in [0.29, 0.717) is 0 Å². The van der Waals surface area contributed by atoms with Gasteiger partial charge in [-0.05, 0) is 18.2 Å². The SMILES string of the molecule is OC1(C(F)(F)C(F)(F)C(F)(F)F)C=Cc2ccccc2O1. The zero-order valence-electron chi connectivity index (χ0n) is 9.97. The summed E-state index contributed by atoms with van der Waals surface area (Å²) in [6, 6.07) is 5.12. The normalized spacial score (nSPS) is 22.7. The number of rotatable bonds is 2. The molecule has 1 aliphatic rings. The molecular weight excluding hydrogens is 309 g/mol. The Labute approximate surface area is 113 Å². The molecule has 1 heterocycles. The van der Waals surface area contributed by atoms with E-state index in [1.54, 1.807) is 0 Å². The summed E-state index contributed by atoms with van der Waals surface area (Å²) in [6.45, 7) is 0. The van der Waals surface area contributed by atoms with Crippen LogP contribution in [0.1, 0.15) is 5.56 Å². The molecule has 0 amide bonds. The van der Waals surface area contributed by atoms with Crippen LogP contribution in [0.25, 0.3) is 6.08 Å². The zero-order valence-corrected chi connectivity index (χ0v) is 9.97.